The molecule has 2 fully saturated rings. The Morgan fingerprint density at radius 1 is 0.926 bits per heavy atom. The van der Waals surface area contributed by atoms with Crippen LogP contribution in [-0.2, 0) is 33.6 Å². The van der Waals surface area contributed by atoms with Crippen molar-refractivity contribution in [2.75, 3.05) is 32.8 Å². The Bertz CT molecular complexity index is 1810. The third-order valence-corrected chi connectivity index (χ3v) is 10.0. The van der Waals surface area contributed by atoms with Gasteiger partial charge in [-0.15, -0.1) is 0 Å². The standard InChI is InChI=1S/C41H57BN6O6/c1-39(2,3)52-38(50)46-26-30-16-17-31(42-53-40(4,5)41(6,7)54-42)24-36(30)51-23-18-28-12-14-29(15-13-28)27-47-19-21-48(22-20-47)34(37(44)45)25-33(43)32-10-8-9-11-35(32)49/h8-17,24-25,49H,18-23,26-27,43-45H2,1-7H3,(H,46,50)/b33-25-. The summed E-state index contributed by atoms with van der Waals surface area (Å²) in [5.41, 5.74) is 22.6. The second-order valence-corrected chi connectivity index (χ2v) is 15.9. The lowest BCUT2D eigenvalue weighted by atomic mass is 9.78. The molecule has 13 heteroatoms. The van der Waals surface area contributed by atoms with E-state index in [0.29, 0.717) is 35.7 Å². The van der Waals surface area contributed by atoms with Crippen molar-refractivity contribution in [1.82, 2.24) is 15.1 Å². The van der Waals surface area contributed by atoms with Gasteiger partial charge in [0, 0.05) is 62.5 Å². The minimum atomic E-state index is -0.599. The lowest BCUT2D eigenvalue weighted by Gasteiger charge is -2.37. The minimum Gasteiger partial charge on any atom is -0.507 e. The van der Waals surface area contributed by atoms with Crippen molar-refractivity contribution >= 4 is 24.4 Å². The fourth-order valence-electron chi connectivity index (χ4n) is 6.25. The molecule has 290 valence electrons. The highest BCUT2D eigenvalue weighted by Crippen LogP contribution is 2.37. The number of phenolic OH excluding ortho intramolecular Hbond substituents is 1. The van der Waals surface area contributed by atoms with Crippen LogP contribution in [0.25, 0.3) is 5.70 Å². The van der Waals surface area contributed by atoms with Crippen molar-refractivity contribution in [2.45, 2.75) is 84.8 Å². The van der Waals surface area contributed by atoms with Crippen LogP contribution in [0.15, 0.2) is 84.3 Å². The van der Waals surface area contributed by atoms with Crippen molar-refractivity contribution in [2.24, 2.45) is 17.2 Å². The highest BCUT2D eigenvalue weighted by atomic mass is 16.7. The summed E-state index contributed by atoms with van der Waals surface area (Å²) in [6, 6.07) is 21.4. The smallest absolute Gasteiger partial charge is 0.494 e. The molecule has 0 saturated carbocycles. The summed E-state index contributed by atoms with van der Waals surface area (Å²) in [6.07, 6.45) is 1.95. The number of carbonyl (C=O) groups is 1. The molecule has 0 aromatic heterocycles. The van der Waals surface area contributed by atoms with E-state index in [4.69, 9.17) is 36.0 Å². The number of carbonyl (C=O) groups excluding carboxylic acids is 1. The number of ether oxygens (including phenoxy) is 2. The first-order valence-electron chi connectivity index (χ1n) is 18.5. The number of nitrogens with two attached hydrogens (primary N) is 3. The van der Waals surface area contributed by atoms with Gasteiger partial charge in [-0.05, 0) is 89.3 Å². The van der Waals surface area contributed by atoms with Gasteiger partial charge in [0.1, 0.15) is 22.9 Å². The maximum atomic E-state index is 12.4. The molecule has 0 radical (unpaired) electrons. The lowest BCUT2D eigenvalue weighted by Crippen LogP contribution is -2.46. The molecule has 2 aliphatic heterocycles. The number of para-hydroxylation sites is 1. The van der Waals surface area contributed by atoms with E-state index in [-0.39, 0.29) is 18.1 Å². The molecular formula is C41H57BN6O6. The third kappa shape index (κ3) is 10.4. The molecule has 1 amide bonds. The number of nitrogens with zero attached hydrogens (tertiary/aromatic N) is 2. The number of piperazine rings is 1. The fraction of sp³-hybridized carbons (Fsp3) is 0.439. The van der Waals surface area contributed by atoms with Gasteiger partial charge in [-0.25, -0.2) is 4.79 Å². The van der Waals surface area contributed by atoms with Crippen LogP contribution < -0.4 is 32.7 Å². The minimum absolute atomic E-state index is 0.104. The van der Waals surface area contributed by atoms with E-state index >= 15 is 0 Å². The highest BCUT2D eigenvalue weighted by Gasteiger charge is 2.51. The SMILES string of the molecule is CC(C)(C)OC(=O)NCc1ccc(B2OC(C)(C)C(C)(C)O2)cc1OCCc1ccc(CN2CCN(C(/C=C(\N)c3ccccc3O)=C(N)N)CC2)cc1. The molecule has 3 aromatic carbocycles. The zero-order valence-electron chi connectivity index (χ0n) is 32.8. The van der Waals surface area contributed by atoms with Crippen LogP contribution in [0.3, 0.4) is 0 Å². The maximum absolute atomic E-state index is 12.4. The largest absolute Gasteiger partial charge is 0.507 e. The Hall–Kier alpha value is -4.85. The molecule has 2 saturated heterocycles. The number of hydrogen-bond acceptors (Lipinski definition) is 11. The van der Waals surface area contributed by atoms with Gasteiger partial charge in [0.05, 0.1) is 23.5 Å². The quantitative estimate of drug-likeness (QED) is 0.131. The van der Waals surface area contributed by atoms with E-state index in [1.807, 2.05) is 72.7 Å². The Balaban J connectivity index is 1.16. The summed E-state index contributed by atoms with van der Waals surface area (Å²) in [4.78, 5) is 17.0. The number of amides is 1. The highest BCUT2D eigenvalue weighted by molar-refractivity contribution is 6.62. The number of benzene rings is 3. The van der Waals surface area contributed by atoms with Crippen LogP contribution in [0.4, 0.5) is 4.79 Å². The van der Waals surface area contributed by atoms with E-state index in [0.717, 1.165) is 49.3 Å². The van der Waals surface area contributed by atoms with E-state index in [2.05, 4.69) is 39.4 Å². The molecule has 3 aromatic rings. The summed E-state index contributed by atoms with van der Waals surface area (Å²) in [5, 5.41) is 13.1. The Labute approximate surface area is 320 Å². The molecule has 0 bridgehead atoms. The van der Waals surface area contributed by atoms with Gasteiger partial charge < -0.3 is 51.3 Å². The van der Waals surface area contributed by atoms with Crippen LogP contribution in [-0.4, -0.2) is 77.7 Å². The van der Waals surface area contributed by atoms with Gasteiger partial charge in [-0.1, -0.05) is 48.5 Å². The second-order valence-electron chi connectivity index (χ2n) is 15.9. The zero-order valence-corrected chi connectivity index (χ0v) is 32.8. The van der Waals surface area contributed by atoms with E-state index in [1.54, 1.807) is 24.3 Å². The van der Waals surface area contributed by atoms with Crippen molar-refractivity contribution in [3.05, 3.63) is 107 Å². The molecule has 5 rings (SSSR count). The van der Waals surface area contributed by atoms with Crippen LogP contribution >= 0.6 is 0 Å². The van der Waals surface area contributed by atoms with E-state index < -0.39 is 30.0 Å². The van der Waals surface area contributed by atoms with E-state index in [9.17, 15) is 9.90 Å². The first kappa shape index (κ1) is 40.3. The molecule has 0 atom stereocenters. The Morgan fingerprint density at radius 3 is 2.17 bits per heavy atom. The molecule has 2 aliphatic rings. The van der Waals surface area contributed by atoms with Crippen LogP contribution in [0.5, 0.6) is 11.5 Å². The predicted molar refractivity (Wildman–Crippen MR) is 213 cm³/mol. The Morgan fingerprint density at radius 2 is 1.56 bits per heavy atom. The van der Waals surface area contributed by atoms with Gasteiger partial charge in [0.2, 0.25) is 0 Å². The van der Waals surface area contributed by atoms with Crippen LogP contribution in [0, 0.1) is 0 Å². The topological polar surface area (TPSA) is 171 Å². The molecular weight excluding hydrogens is 683 g/mol. The summed E-state index contributed by atoms with van der Waals surface area (Å²) < 4.78 is 24.4. The number of aromatic hydroxyl groups is 1. The van der Waals surface area contributed by atoms with Crippen molar-refractivity contribution in [3.8, 4) is 11.5 Å². The molecule has 2 heterocycles. The summed E-state index contributed by atoms with van der Waals surface area (Å²) in [5.74, 6) is 0.944. The summed E-state index contributed by atoms with van der Waals surface area (Å²) >= 11 is 0. The molecule has 8 N–H and O–H groups in total. The number of hydrogen-bond donors (Lipinski definition) is 5. The predicted octanol–water partition coefficient (Wildman–Crippen LogP) is 4.54. The second kappa shape index (κ2) is 16.7. The first-order chi connectivity index (χ1) is 25.4. The molecule has 54 heavy (non-hydrogen) atoms. The zero-order chi connectivity index (χ0) is 39.3. The summed E-state index contributed by atoms with van der Waals surface area (Å²) in [7, 11) is -0.538. The van der Waals surface area contributed by atoms with Crippen molar-refractivity contribution in [1.29, 1.82) is 0 Å². The number of phenols is 1. The molecule has 0 aliphatic carbocycles. The lowest BCUT2D eigenvalue weighted by molar-refractivity contribution is 0.00578. The molecule has 12 nitrogen and oxygen atoms in total. The monoisotopic (exact) mass is 740 g/mol. The van der Waals surface area contributed by atoms with Gasteiger partial charge in [0.25, 0.3) is 0 Å². The maximum Gasteiger partial charge on any atom is 0.494 e. The number of nitrogens with one attached hydrogen (secondary N) is 1. The van der Waals surface area contributed by atoms with Crippen LogP contribution in [0.1, 0.15) is 70.7 Å². The molecule has 0 spiro atoms. The van der Waals surface area contributed by atoms with Crippen LogP contribution in [0.2, 0.25) is 0 Å². The van der Waals surface area contributed by atoms with Gasteiger partial charge in [-0.3, -0.25) is 4.90 Å². The van der Waals surface area contributed by atoms with Gasteiger partial charge >= 0.3 is 13.2 Å². The normalized spacial score (nSPS) is 17.3. The summed E-state index contributed by atoms with van der Waals surface area (Å²) in [6.45, 7) is 18.2. The van der Waals surface area contributed by atoms with Crippen molar-refractivity contribution < 1.29 is 28.7 Å². The van der Waals surface area contributed by atoms with Crippen molar-refractivity contribution in [3.63, 3.8) is 0 Å². The number of alkyl carbamates (subject to hydrolysis) is 1. The van der Waals surface area contributed by atoms with E-state index in [1.165, 1.54) is 5.56 Å². The first-order valence-corrected chi connectivity index (χ1v) is 18.5. The van der Waals surface area contributed by atoms with Gasteiger partial charge in [0.15, 0.2) is 0 Å². The Kier molecular flexibility index (Phi) is 12.5. The van der Waals surface area contributed by atoms with Gasteiger partial charge in [-0.2, -0.15) is 0 Å². The molecule has 0 unspecified atom stereocenters. The average Bonchev–Trinajstić information content (AvgIpc) is 3.32. The number of allylic oxidation sites excluding steroid dienone is 1. The number of rotatable bonds is 12. The fourth-order valence-corrected chi connectivity index (χ4v) is 6.25. The average molecular weight is 741 g/mol. The third-order valence-electron chi connectivity index (χ3n) is 10.0.